The number of pyridine rings is 1. The van der Waals surface area contributed by atoms with E-state index in [-0.39, 0.29) is 17.1 Å². The molecular formula is C22H26FN3O. The maximum absolute atomic E-state index is 13.2. The molecule has 1 atom stereocenters. The molecule has 0 N–H and O–H groups in total. The van der Waals surface area contributed by atoms with E-state index >= 15 is 0 Å². The van der Waals surface area contributed by atoms with Crippen LogP contribution in [0.3, 0.4) is 0 Å². The lowest BCUT2D eigenvalue weighted by Gasteiger charge is -2.39. The van der Waals surface area contributed by atoms with Crippen LogP contribution in [0.5, 0.6) is 0 Å². The minimum atomic E-state index is -0.262. The van der Waals surface area contributed by atoms with Crippen LogP contribution in [0.4, 0.5) is 4.39 Å². The summed E-state index contributed by atoms with van der Waals surface area (Å²) < 4.78 is 13.1. The number of carbonyl (C=O) groups excluding carboxylic acids is 1. The fourth-order valence-electron chi connectivity index (χ4n) is 4.52. The van der Waals surface area contributed by atoms with Crippen molar-refractivity contribution in [2.24, 2.45) is 5.41 Å². The van der Waals surface area contributed by atoms with Gasteiger partial charge in [-0.15, -0.1) is 0 Å². The molecule has 142 valence electrons. The molecule has 2 aromatic rings. The highest BCUT2D eigenvalue weighted by atomic mass is 19.1. The van der Waals surface area contributed by atoms with Gasteiger partial charge in [-0.1, -0.05) is 18.2 Å². The Kier molecular flexibility index (Phi) is 4.96. The SMILES string of the molecule is Cc1cccc(CN2CCC3(CCCN(Cc4ccc(F)cc4)C3)C2=O)n1. The van der Waals surface area contributed by atoms with Gasteiger partial charge < -0.3 is 4.90 Å². The highest BCUT2D eigenvalue weighted by Gasteiger charge is 2.48. The van der Waals surface area contributed by atoms with Crippen molar-refractivity contribution in [1.82, 2.24) is 14.8 Å². The van der Waals surface area contributed by atoms with Gasteiger partial charge >= 0.3 is 0 Å². The number of hydrogen-bond acceptors (Lipinski definition) is 3. The Morgan fingerprint density at radius 1 is 1.07 bits per heavy atom. The van der Waals surface area contributed by atoms with Crippen LogP contribution in [-0.2, 0) is 17.9 Å². The van der Waals surface area contributed by atoms with Gasteiger partial charge in [-0.2, -0.15) is 0 Å². The molecule has 0 radical (unpaired) electrons. The van der Waals surface area contributed by atoms with Crippen LogP contribution in [0.15, 0.2) is 42.5 Å². The smallest absolute Gasteiger partial charge is 0.230 e. The van der Waals surface area contributed by atoms with Gasteiger partial charge in [0.05, 0.1) is 17.7 Å². The molecule has 1 spiro atoms. The van der Waals surface area contributed by atoms with Gasteiger partial charge in [-0.25, -0.2) is 4.39 Å². The minimum Gasteiger partial charge on any atom is -0.336 e. The van der Waals surface area contributed by atoms with E-state index in [9.17, 15) is 9.18 Å². The number of aromatic nitrogens is 1. The summed E-state index contributed by atoms with van der Waals surface area (Å²) in [7, 11) is 0. The zero-order chi connectivity index (χ0) is 18.9. The monoisotopic (exact) mass is 367 g/mol. The Bertz CT molecular complexity index is 823. The summed E-state index contributed by atoms with van der Waals surface area (Å²) in [6, 6.07) is 12.7. The zero-order valence-corrected chi connectivity index (χ0v) is 15.8. The van der Waals surface area contributed by atoms with Crippen LogP contribution >= 0.6 is 0 Å². The third-order valence-electron chi connectivity index (χ3n) is 5.88. The number of carbonyl (C=O) groups is 1. The number of nitrogens with zero attached hydrogens (tertiary/aromatic N) is 3. The van der Waals surface area contributed by atoms with E-state index in [0.717, 1.165) is 62.4 Å². The summed E-state index contributed by atoms with van der Waals surface area (Å²) in [4.78, 5) is 22.1. The molecule has 2 aliphatic heterocycles. The first kappa shape index (κ1) is 18.1. The van der Waals surface area contributed by atoms with E-state index < -0.39 is 0 Å². The van der Waals surface area contributed by atoms with Crippen molar-refractivity contribution < 1.29 is 9.18 Å². The lowest BCUT2D eigenvalue weighted by Crippen LogP contribution is -2.47. The lowest BCUT2D eigenvalue weighted by molar-refractivity contribution is -0.139. The number of piperidine rings is 1. The van der Waals surface area contributed by atoms with E-state index in [4.69, 9.17) is 0 Å². The molecule has 1 aromatic carbocycles. The van der Waals surface area contributed by atoms with Crippen molar-refractivity contribution in [2.45, 2.75) is 39.3 Å². The Balaban J connectivity index is 1.43. The Labute approximate surface area is 160 Å². The number of aryl methyl sites for hydroxylation is 1. The van der Waals surface area contributed by atoms with E-state index in [1.807, 2.05) is 42.2 Å². The highest BCUT2D eigenvalue weighted by Crippen LogP contribution is 2.41. The standard InChI is InChI=1S/C22H26FN3O/c1-17-4-2-5-20(24-17)15-26-13-11-22(21(26)27)10-3-12-25(16-22)14-18-6-8-19(23)9-7-18/h2,4-9H,3,10-16H2,1H3. The van der Waals surface area contributed by atoms with Crippen molar-refractivity contribution in [3.8, 4) is 0 Å². The third kappa shape index (κ3) is 3.88. The summed E-state index contributed by atoms with van der Waals surface area (Å²) in [6.45, 7) is 5.94. The van der Waals surface area contributed by atoms with Crippen LogP contribution in [0.1, 0.15) is 36.2 Å². The molecule has 4 nitrogen and oxygen atoms in total. The van der Waals surface area contributed by atoms with Crippen molar-refractivity contribution in [2.75, 3.05) is 19.6 Å². The van der Waals surface area contributed by atoms with Crippen molar-refractivity contribution in [3.63, 3.8) is 0 Å². The average Bonchev–Trinajstić information content (AvgIpc) is 2.93. The zero-order valence-electron chi connectivity index (χ0n) is 15.8. The first-order chi connectivity index (χ1) is 13.0. The van der Waals surface area contributed by atoms with Gasteiger partial charge in [-0.05, 0) is 62.6 Å². The minimum absolute atomic E-state index is 0.208. The quantitative estimate of drug-likeness (QED) is 0.829. The van der Waals surface area contributed by atoms with Gasteiger partial charge in [-0.3, -0.25) is 14.7 Å². The van der Waals surface area contributed by atoms with Crippen LogP contribution in [0.2, 0.25) is 0 Å². The molecule has 3 heterocycles. The molecule has 0 aliphatic carbocycles. The molecule has 0 bridgehead atoms. The number of hydrogen-bond donors (Lipinski definition) is 0. The second kappa shape index (κ2) is 7.39. The van der Waals surface area contributed by atoms with Crippen LogP contribution in [0.25, 0.3) is 0 Å². The summed E-state index contributed by atoms with van der Waals surface area (Å²) in [5, 5.41) is 0. The molecule has 0 saturated carbocycles. The predicted molar refractivity (Wildman–Crippen MR) is 102 cm³/mol. The second-order valence-electron chi connectivity index (χ2n) is 7.97. The van der Waals surface area contributed by atoms with Crippen molar-refractivity contribution in [3.05, 3.63) is 65.2 Å². The molecular weight excluding hydrogens is 341 g/mol. The molecule has 27 heavy (non-hydrogen) atoms. The molecule has 2 aliphatic rings. The summed E-state index contributed by atoms with van der Waals surface area (Å²) in [5.74, 6) is 0.0647. The van der Waals surface area contributed by atoms with Gasteiger partial charge in [0, 0.05) is 25.3 Å². The molecule has 2 fully saturated rings. The van der Waals surface area contributed by atoms with Gasteiger partial charge in [0.25, 0.3) is 0 Å². The maximum atomic E-state index is 13.2. The summed E-state index contributed by atoms with van der Waals surface area (Å²) in [6.07, 6.45) is 2.91. The molecule has 1 amide bonds. The van der Waals surface area contributed by atoms with Crippen molar-refractivity contribution >= 4 is 5.91 Å². The van der Waals surface area contributed by atoms with E-state index in [1.54, 1.807) is 0 Å². The van der Waals surface area contributed by atoms with Crippen molar-refractivity contribution in [1.29, 1.82) is 0 Å². The second-order valence-corrected chi connectivity index (χ2v) is 7.97. The Morgan fingerprint density at radius 2 is 1.89 bits per heavy atom. The average molecular weight is 367 g/mol. The first-order valence-corrected chi connectivity index (χ1v) is 9.73. The molecule has 4 rings (SSSR count). The first-order valence-electron chi connectivity index (χ1n) is 9.73. The fraction of sp³-hybridized carbons (Fsp3) is 0.455. The fourth-order valence-corrected chi connectivity index (χ4v) is 4.52. The summed E-state index contributed by atoms with van der Waals surface area (Å²) in [5.41, 5.74) is 2.78. The molecule has 5 heteroatoms. The van der Waals surface area contributed by atoms with E-state index in [0.29, 0.717) is 6.54 Å². The highest BCUT2D eigenvalue weighted by molar-refractivity contribution is 5.85. The molecule has 1 unspecified atom stereocenters. The van der Waals surface area contributed by atoms with Crippen LogP contribution < -0.4 is 0 Å². The predicted octanol–water partition coefficient (Wildman–Crippen LogP) is 3.54. The van der Waals surface area contributed by atoms with Gasteiger partial charge in [0.1, 0.15) is 5.82 Å². The largest absolute Gasteiger partial charge is 0.336 e. The number of halogens is 1. The van der Waals surface area contributed by atoms with Gasteiger partial charge in [0.2, 0.25) is 5.91 Å². The topological polar surface area (TPSA) is 36.4 Å². The Morgan fingerprint density at radius 3 is 2.67 bits per heavy atom. The number of benzene rings is 1. The van der Waals surface area contributed by atoms with E-state index in [1.165, 1.54) is 12.1 Å². The normalized spacial score (nSPS) is 23.3. The lowest BCUT2D eigenvalue weighted by atomic mass is 9.78. The van der Waals surface area contributed by atoms with Crippen LogP contribution in [0, 0.1) is 18.2 Å². The number of rotatable bonds is 4. The third-order valence-corrected chi connectivity index (χ3v) is 5.88. The molecule has 2 saturated heterocycles. The maximum Gasteiger partial charge on any atom is 0.230 e. The van der Waals surface area contributed by atoms with E-state index in [2.05, 4.69) is 9.88 Å². The number of likely N-dealkylation sites (tertiary alicyclic amines) is 2. The molecule has 1 aromatic heterocycles. The number of amides is 1. The van der Waals surface area contributed by atoms with Gasteiger partial charge in [0.15, 0.2) is 0 Å². The summed E-state index contributed by atoms with van der Waals surface area (Å²) >= 11 is 0. The Hall–Kier alpha value is -2.27. The van der Waals surface area contributed by atoms with Crippen LogP contribution in [-0.4, -0.2) is 40.3 Å².